The van der Waals surface area contributed by atoms with Crippen molar-refractivity contribution in [3.05, 3.63) is 24.3 Å². The van der Waals surface area contributed by atoms with Gasteiger partial charge in [0.05, 0.1) is 11.6 Å². The molecule has 0 saturated heterocycles. The van der Waals surface area contributed by atoms with Gasteiger partial charge in [0, 0.05) is 5.03 Å². The third kappa shape index (κ3) is 4.56. The standard InChI is InChI=1S/C11H20ClNO.ClH/c1-6-7-11(10(3)12,13(4)5)8-9(2)14;/h6,9,14H,1,3,7-8H2,2,4-5H3;1H. The molecule has 0 aliphatic rings. The van der Waals surface area contributed by atoms with Gasteiger partial charge in [-0.3, -0.25) is 4.90 Å². The summed E-state index contributed by atoms with van der Waals surface area (Å²) in [6.45, 7) is 9.25. The predicted octanol–water partition coefficient (Wildman–Crippen LogP) is 2.81. The molecular weight excluding hydrogens is 233 g/mol. The van der Waals surface area contributed by atoms with Crippen molar-refractivity contribution in [1.82, 2.24) is 4.90 Å². The normalized spacial score (nSPS) is 16.4. The van der Waals surface area contributed by atoms with Crippen LogP contribution in [-0.2, 0) is 0 Å². The topological polar surface area (TPSA) is 23.5 Å². The summed E-state index contributed by atoms with van der Waals surface area (Å²) in [4.78, 5) is 1.98. The van der Waals surface area contributed by atoms with Crippen molar-refractivity contribution in [1.29, 1.82) is 0 Å². The quantitative estimate of drug-likeness (QED) is 0.737. The van der Waals surface area contributed by atoms with E-state index in [1.807, 2.05) is 19.0 Å². The maximum Gasteiger partial charge on any atom is 0.0615 e. The third-order valence-electron chi connectivity index (χ3n) is 2.48. The van der Waals surface area contributed by atoms with Gasteiger partial charge in [0.25, 0.3) is 0 Å². The lowest BCUT2D eigenvalue weighted by Crippen LogP contribution is -2.46. The molecular formula is C11H21Cl2NO. The van der Waals surface area contributed by atoms with E-state index in [1.54, 1.807) is 13.0 Å². The average Bonchev–Trinajstić information content (AvgIpc) is 2.01. The largest absolute Gasteiger partial charge is 0.393 e. The van der Waals surface area contributed by atoms with Crippen molar-refractivity contribution < 1.29 is 5.11 Å². The fourth-order valence-corrected chi connectivity index (χ4v) is 1.96. The molecule has 0 radical (unpaired) electrons. The lowest BCUT2D eigenvalue weighted by molar-refractivity contribution is 0.0988. The Bertz CT molecular complexity index is 217. The SMILES string of the molecule is C=CCC(CC(C)O)(C(=C)Cl)N(C)C.Cl. The Morgan fingerprint density at radius 3 is 2.27 bits per heavy atom. The number of halogens is 2. The predicted molar refractivity (Wildman–Crippen MR) is 69.8 cm³/mol. The molecule has 2 atom stereocenters. The zero-order valence-corrected chi connectivity index (χ0v) is 11.2. The van der Waals surface area contributed by atoms with Crippen LogP contribution in [0.4, 0.5) is 0 Å². The fraction of sp³-hybridized carbons (Fsp3) is 0.636. The van der Waals surface area contributed by atoms with Crippen LogP contribution in [0, 0.1) is 0 Å². The highest BCUT2D eigenvalue weighted by molar-refractivity contribution is 6.30. The molecule has 0 aromatic rings. The van der Waals surface area contributed by atoms with Crippen LogP contribution in [-0.4, -0.2) is 35.7 Å². The minimum absolute atomic E-state index is 0. The first-order valence-corrected chi connectivity index (χ1v) is 5.06. The Morgan fingerprint density at radius 1 is 1.60 bits per heavy atom. The van der Waals surface area contributed by atoms with Crippen LogP contribution in [0.25, 0.3) is 0 Å². The Hall–Kier alpha value is -0.0200. The summed E-state index contributed by atoms with van der Waals surface area (Å²) in [5.41, 5.74) is -0.391. The summed E-state index contributed by atoms with van der Waals surface area (Å²) in [6.07, 6.45) is 2.64. The van der Waals surface area contributed by atoms with Gasteiger partial charge in [0.15, 0.2) is 0 Å². The zero-order chi connectivity index (χ0) is 11.4. The minimum atomic E-state index is -0.409. The van der Waals surface area contributed by atoms with E-state index in [0.29, 0.717) is 17.9 Å². The lowest BCUT2D eigenvalue weighted by Gasteiger charge is -2.39. The van der Waals surface area contributed by atoms with E-state index in [2.05, 4.69) is 13.2 Å². The first-order valence-electron chi connectivity index (χ1n) is 4.68. The smallest absolute Gasteiger partial charge is 0.0615 e. The van der Waals surface area contributed by atoms with Gasteiger partial charge in [-0.15, -0.1) is 19.0 Å². The van der Waals surface area contributed by atoms with Crippen LogP contribution in [0.15, 0.2) is 24.3 Å². The Morgan fingerprint density at radius 2 is 2.07 bits per heavy atom. The monoisotopic (exact) mass is 253 g/mol. The van der Waals surface area contributed by atoms with Gasteiger partial charge in [-0.1, -0.05) is 24.3 Å². The van der Waals surface area contributed by atoms with Crippen LogP contribution in [0.5, 0.6) is 0 Å². The maximum atomic E-state index is 9.45. The lowest BCUT2D eigenvalue weighted by atomic mass is 9.87. The molecule has 0 bridgehead atoms. The molecule has 0 rings (SSSR count). The van der Waals surface area contributed by atoms with Gasteiger partial charge in [0.2, 0.25) is 0 Å². The molecule has 0 aliphatic carbocycles. The Labute approximate surface area is 104 Å². The molecule has 0 saturated carbocycles. The van der Waals surface area contributed by atoms with Crippen LogP contribution < -0.4 is 0 Å². The molecule has 90 valence electrons. The molecule has 0 heterocycles. The second-order valence-corrected chi connectivity index (χ2v) is 4.33. The Balaban J connectivity index is 0. The first kappa shape index (κ1) is 17.4. The minimum Gasteiger partial charge on any atom is -0.393 e. The zero-order valence-electron chi connectivity index (χ0n) is 9.66. The summed E-state index contributed by atoms with van der Waals surface area (Å²) in [5, 5.41) is 10.00. The number of aliphatic hydroxyl groups is 1. The summed E-state index contributed by atoms with van der Waals surface area (Å²) in [5.74, 6) is 0. The second-order valence-electron chi connectivity index (χ2n) is 3.88. The van der Waals surface area contributed by atoms with Crippen LogP contribution in [0.1, 0.15) is 19.8 Å². The van der Waals surface area contributed by atoms with Gasteiger partial charge >= 0.3 is 0 Å². The number of aliphatic hydroxyl groups excluding tert-OH is 1. The molecule has 0 amide bonds. The van der Waals surface area contributed by atoms with Crippen LogP contribution >= 0.6 is 24.0 Å². The highest BCUT2D eigenvalue weighted by Gasteiger charge is 2.34. The number of hydrogen-bond acceptors (Lipinski definition) is 2. The maximum absolute atomic E-state index is 9.45. The number of likely N-dealkylation sites (N-methyl/N-ethyl adjacent to an activating group) is 1. The molecule has 0 aromatic carbocycles. The first-order chi connectivity index (χ1) is 6.36. The second kappa shape index (κ2) is 7.29. The Kier molecular flexibility index (Phi) is 8.44. The van der Waals surface area contributed by atoms with Crippen LogP contribution in [0.3, 0.4) is 0 Å². The van der Waals surface area contributed by atoms with Crippen molar-refractivity contribution in [2.75, 3.05) is 14.1 Å². The van der Waals surface area contributed by atoms with Gasteiger partial charge in [-0.05, 0) is 33.9 Å². The summed E-state index contributed by atoms with van der Waals surface area (Å²) in [6, 6.07) is 0. The molecule has 0 spiro atoms. The molecule has 15 heavy (non-hydrogen) atoms. The third-order valence-corrected chi connectivity index (χ3v) is 2.83. The summed E-state index contributed by atoms with van der Waals surface area (Å²) < 4.78 is 0. The molecule has 0 aliphatic heterocycles. The highest BCUT2D eigenvalue weighted by atomic mass is 35.5. The molecule has 2 unspecified atom stereocenters. The fourth-order valence-electron chi connectivity index (χ4n) is 1.64. The van der Waals surface area contributed by atoms with Gasteiger partial charge in [-0.2, -0.15) is 0 Å². The summed E-state index contributed by atoms with van der Waals surface area (Å²) >= 11 is 6.02. The van der Waals surface area contributed by atoms with Gasteiger partial charge in [-0.25, -0.2) is 0 Å². The van der Waals surface area contributed by atoms with Crippen molar-refractivity contribution in [2.24, 2.45) is 0 Å². The molecule has 0 fully saturated rings. The van der Waals surface area contributed by atoms with Crippen molar-refractivity contribution in [3.8, 4) is 0 Å². The number of nitrogens with zero attached hydrogens (tertiary/aromatic N) is 1. The van der Waals surface area contributed by atoms with Gasteiger partial charge < -0.3 is 5.11 Å². The van der Waals surface area contributed by atoms with E-state index in [4.69, 9.17) is 11.6 Å². The van der Waals surface area contributed by atoms with E-state index in [1.165, 1.54) is 0 Å². The highest BCUT2D eigenvalue weighted by Crippen LogP contribution is 2.33. The van der Waals surface area contributed by atoms with Gasteiger partial charge in [0.1, 0.15) is 0 Å². The van der Waals surface area contributed by atoms with E-state index >= 15 is 0 Å². The molecule has 0 aromatic heterocycles. The van der Waals surface area contributed by atoms with E-state index in [-0.39, 0.29) is 12.4 Å². The van der Waals surface area contributed by atoms with E-state index < -0.39 is 11.6 Å². The van der Waals surface area contributed by atoms with E-state index in [9.17, 15) is 5.11 Å². The summed E-state index contributed by atoms with van der Waals surface area (Å²) in [7, 11) is 3.86. The number of hydrogen-bond donors (Lipinski definition) is 1. The van der Waals surface area contributed by atoms with Crippen molar-refractivity contribution in [2.45, 2.75) is 31.4 Å². The average molecular weight is 254 g/mol. The van der Waals surface area contributed by atoms with Crippen LogP contribution in [0.2, 0.25) is 0 Å². The molecule has 1 N–H and O–H groups in total. The molecule has 2 nitrogen and oxygen atoms in total. The van der Waals surface area contributed by atoms with E-state index in [0.717, 1.165) is 0 Å². The van der Waals surface area contributed by atoms with Crippen molar-refractivity contribution in [3.63, 3.8) is 0 Å². The van der Waals surface area contributed by atoms with Crippen molar-refractivity contribution >= 4 is 24.0 Å². The number of rotatable bonds is 6. The molecule has 4 heteroatoms.